The molecule has 2 atom stereocenters. The van der Waals surface area contributed by atoms with E-state index >= 15 is 0 Å². The molecule has 1 heteroatoms. The van der Waals surface area contributed by atoms with Gasteiger partial charge in [0.05, 0.1) is 0 Å². The molecular weight excluding hydrogens is 235 g/mol. The Morgan fingerprint density at radius 2 is 1.47 bits per heavy atom. The van der Waals surface area contributed by atoms with E-state index in [1.54, 1.807) is 0 Å². The molecule has 2 aromatic rings. The minimum Gasteiger partial charge on any atom is -0.247 e. The average molecular weight is 254 g/mol. The lowest BCUT2D eigenvalue weighted by Gasteiger charge is -2.25. The first-order valence-electron chi connectivity index (χ1n) is 7.12. The van der Waals surface area contributed by atoms with E-state index in [1.165, 1.54) is 16.7 Å². The van der Waals surface area contributed by atoms with Crippen molar-refractivity contribution in [3.63, 3.8) is 0 Å². The summed E-state index contributed by atoms with van der Waals surface area (Å²) in [6.07, 6.45) is 2.99. The van der Waals surface area contributed by atoms with Crippen molar-refractivity contribution in [1.29, 1.82) is 0 Å². The van der Waals surface area contributed by atoms with Crippen LogP contribution >= 0.6 is 0 Å². The molecule has 0 aromatic heterocycles. The SMILES string of the molecule is FC1CCCC(c2ccc(-c3ccccc3)cc2)C1. The number of halogens is 1. The molecule has 2 unspecified atom stereocenters. The zero-order valence-electron chi connectivity index (χ0n) is 11.1. The Labute approximate surface area is 114 Å². The zero-order valence-corrected chi connectivity index (χ0v) is 11.1. The van der Waals surface area contributed by atoms with Gasteiger partial charge in [-0.3, -0.25) is 0 Å². The molecule has 0 saturated heterocycles. The number of alkyl halides is 1. The standard InChI is InChI=1S/C18H19F/c19-18-8-4-7-17(13-18)16-11-9-15(10-12-16)14-5-2-1-3-6-14/h1-3,5-6,9-12,17-18H,4,7-8,13H2. The Morgan fingerprint density at radius 3 is 2.16 bits per heavy atom. The second kappa shape index (κ2) is 5.56. The molecular formula is C18H19F. The Morgan fingerprint density at radius 1 is 0.789 bits per heavy atom. The maximum absolute atomic E-state index is 13.5. The van der Waals surface area contributed by atoms with Gasteiger partial charge in [-0.15, -0.1) is 0 Å². The van der Waals surface area contributed by atoms with Gasteiger partial charge in [0.25, 0.3) is 0 Å². The summed E-state index contributed by atoms with van der Waals surface area (Å²) in [5, 5.41) is 0. The molecule has 0 N–H and O–H groups in total. The maximum atomic E-state index is 13.5. The lowest BCUT2D eigenvalue weighted by molar-refractivity contribution is 0.231. The molecule has 0 nitrogen and oxygen atoms in total. The van der Waals surface area contributed by atoms with Crippen molar-refractivity contribution < 1.29 is 4.39 Å². The van der Waals surface area contributed by atoms with Crippen LogP contribution in [0.2, 0.25) is 0 Å². The summed E-state index contributed by atoms with van der Waals surface area (Å²) in [4.78, 5) is 0. The molecule has 0 aliphatic heterocycles. The van der Waals surface area contributed by atoms with Crippen molar-refractivity contribution in [2.24, 2.45) is 0 Å². The zero-order chi connectivity index (χ0) is 13.1. The summed E-state index contributed by atoms with van der Waals surface area (Å²) < 4.78 is 13.5. The van der Waals surface area contributed by atoms with Crippen LogP contribution in [0.25, 0.3) is 11.1 Å². The third-order valence-electron chi connectivity index (χ3n) is 4.10. The summed E-state index contributed by atoms with van der Waals surface area (Å²) in [5.74, 6) is 0.411. The van der Waals surface area contributed by atoms with E-state index in [1.807, 2.05) is 6.07 Å². The van der Waals surface area contributed by atoms with E-state index in [0.717, 1.165) is 19.3 Å². The van der Waals surface area contributed by atoms with Gasteiger partial charge in [0.2, 0.25) is 0 Å². The predicted octanol–water partition coefficient (Wildman–Crippen LogP) is 5.35. The van der Waals surface area contributed by atoms with Crippen LogP contribution in [-0.2, 0) is 0 Å². The number of rotatable bonds is 2. The van der Waals surface area contributed by atoms with Crippen LogP contribution in [0.1, 0.15) is 37.2 Å². The molecule has 1 saturated carbocycles. The Bertz CT molecular complexity index is 515. The smallest absolute Gasteiger partial charge is 0.101 e. The summed E-state index contributed by atoms with van der Waals surface area (Å²) in [6.45, 7) is 0. The van der Waals surface area contributed by atoms with Crippen LogP contribution < -0.4 is 0 Å². The van der Waals surface area contributed by atoms with Gasteiger partial charge >= 0.3 is 0 Å². The van der Waals surface area contributed by atoms with Crippen molar-refractivity contribution in [1.82, 2.24) is 0 Å². The molecule has 0 bridgehead atoms. The van der Waals surface area contributed by atoms with Crippen LogP contribution in [0.5, 0.6) is 0 Å². The van der Waals surface area contributed by atoms with Crippen molar-refractivity contribution >= 4 is 0 Å². The van der Waals surface area contributed by atoms with E-state index in [9.17, 15) is 4.39 Å². The van der Waals surface area contributed by atoms with Gasteiger partial charge in [0.1, 0.15) is 6.17 Å². The second-order valence-corrected chi connectivity index (χ2v) is 5.45. The van der Waals surface area contributed by atoms with E-state index in [4.69, 9.17) is 0 Å². The monoisotopic (exact) mass is 254 g/mol. The van der Waals surface area contributed by atoms with Crippen LogP contribution in [0.4, 0.5) is 4.39 Å². The number of hydrogen-bond acceptors (Lipinski definition) is 0. The first-order valence-corrected chi connectivity index (χ1v) is 7.12. The summed E-state index contributed by atoms with van der Waals surface area (Å²) in [6, 6.07) is 19.0. The van der Waals surface area contributed by atoms with Crippen LogP contribution in [0, 0.1) is 0 Å². The first-order chi connectivity index (χ1) is 9.33. The van der Waals surface area contributed by atoms with Gasteiger partial charge in [-0.2, -0.15) is 0 Å². The number of hydrogen-bond donors (Lipinski definition) is 0. The highest BCUT2D eigenvalue weighted by molar-refractivity contribution is 5.63. The van der Waals surface area contributed by atoms with Gasteiger partial charge in [0.15, 0.2) is 0 Å². The van der Waals surface area contributed by atoms with E-state index in [0.29, 0.717) is 12.3 Å². The summed E-state index contributed by atoms with van der Waals surface area (Å²) in [7, 11) is 0. The Hall–Kier alpha value is -1.63. The Balaban J connectivity index is 1.79. The van der Waals surface area contributed by atoms with E-state index in [2.05, 4.69) is 48.5 Å². The molecule has 3 rings (SSSR count). The number of benzene rings is 2. The van der Waals surface area contributed by atoms with Gasteiger partial charge in [0, 0.05) is 0 Å². The highest BCUT2D eigenvalue weighted by Gasteiger charge is 2.22. The second-order valence-electron chi connectivity index (χ2n) is 5.45. The third-order valence-corrected chi connectivity index (χ3v) is 4.10. The normalized spacial score (nSPS) is 23.2. The molecule has 0 spiro atoms. The first kappa shape index (κ1) is 12.4. The molecule has 0 heterocycles. The van der Waals surface area contributed by atoms with Crippen LogP contribution in [-0.4, -0.2) is 6.17 Å². The fourth-order valence-electron chi connectivity index (χ4n) is 3.01. The summed E-state index contributed by atoms with van der Waals surface area (Å²) in [5.41, 5.74) is 3.76. The highest BCUT2D eigenvalue weighted by Crippen LogP contribution is 2.35. The highest BCUT2D eigenvalue weighted by atomic mass is 19.1. The minimum atomic E-state index is -0.604. The van der Waals surface area contributed by atoms with Crippen molar-refractivity contribution in [2.45, 2.75) is 37.8 Å². The van der Waals surface area contributed by atoms with Crippen molar-refractivity contribution in [3.8, 4) is 11.1 Å². The fourth-order valence-corrected chi connectivity index (χ4v) is 3.01. The van der Waals surface area contributed by atoms with Gasteiger partial charge < -0.3 is 0 Å². The van der Waals surface area contributed by atoms with Crippen molar-refractivity contribution in [3.05, 3.63) is 60.2 Å². The predicted molar refractivity (Wildman–Crippen MR) is 78.0 cm³/mol. The molecule has 1 aliphatic rings. The molecule has 0 amide bonds. The van der Waals surface area contributed by atoms with Crippen LogP contribution in [0.15, 0.2) is 54.6 Å². The van der Waals surface area contributed by atoms with Crippen molar-refractivity contribution in [2.75, 3.05) is 0 Å². The van der Waals surface area contributed by atoms with Gasteiger partial charge in [-0.25, -0.2) is 4.39 Å². The molecule has 0 radical (unpaired) electrons. The third kappa shape index (κ3) is 2.86. The lowest BCUT2D eigenvalue weighted by Crippen LogP contribution is -2.14. The fraction of sp³-hybridized carbons (Fsp3) is 0.333. The van der Waals surface area contributed by atoms with Gasteiger partial charge in [-0.1, -0.05) is 54.6 Å². The molecule has 98 valence electrons. The lowest BCUT2D eigenvalue weighted by atomic mass is 9.83. The Kier molecular flexibility index (Phi) is 3.63. The molecule has 1 aliphatic carbocycles. The summed E-state index contributed by atoms with van der Waals surface area (Å²) >= 11 is 0. The van der Waals surface area contributed by atoms with Gasteiger partial charge in [-0.05, 0) is 48.3 Å². The topological polar surface area (TPSA) is 0 Å². The molecule has 2 aromatic carbocycles. The molecule has 19 heavy (non-hydrogen) atoms. The largest absolute Gasteiger partial charge is 0.247 e. The molecule has 1 fully saturated rings. The minimum absolute atomic E-state index is 0.411. The average Bonchev–Trinajstić information content (AvgIpc) is 2.48. The van der Waals surface area contributed by atoms with Crippen LogP contribution in [0.3, 0.4) is 0 Å². The van der Waals surface area contributed by atoms with E-state index < -0.39 is 6.17 Å². The maximum Gasteiger partial charge on any atom is 0.101 e. The van der Waals surface area contributed by atoms with E-state index in [-0.39, 0.29) is 0 Å². The quantitative estimate of drug-likeness (QED) is 0.677.